The molecule has 0 radical (unpaired) electrons. The molecule has 0 unspecified atom stereocenters. The van der Waals surface area contributed by atoms with Crippen LogP contribution in [0.25, 0.3) is 0 Å². The number of halogens is 1. The van der Waals surface area contributed by atoms with E-state index in [1.54, 1.807) is 0 Å². The van der Waals surface area contributed by atoms with Crippen LogP contribution in [0.15, 0.2) is 16.6 Å². The zero-order valence-electron chi connectivity index (χ0n) is 12.2. The first-order valence-corrected chi connectivity index (χ1v) is 9.16. The molecule has 0 atom stereocenters. The van der Waals surface area contributed by atoms with Crippen molar-refractivity contribution in [3.63, 3.8) is 0 Å². The van der Waals surface area contributed by atoms with Gasteiger partial charge in [0, 0.05) is 10.0 Å². The Morgan fingerprint density at radius 3 is 2.24 bits per heavy atom. The third kappa shape index (κ3) is 1.96. The molecule has 2 nitrogen and oxygen atoms in total. The van der Waals surface area contributed by atoms with Crippen LogP contribution in [0.1, 0.15) is 43.6 Å². The summed E-state index contributed by atoms with van der Waals surface area (Å²) >= 11 is 3.67. The van der Waals surface area contributed by atoms with Gasteiger partial charge in [0.15, 0.2) is 11.5 Å². The van der Waals surface area contributed by atoms with Gasteiger partial charge in [0.2, 0.25) is 0 Å². The van der Waals surface area contributed by atoms with Gasteiger partial charge >= 0.3 is 0 Å². The Labute approximate surface area is 134 Å². The van der Waals surface area contributed by atoms with Gasteiger partial charge in [0.25, 0.3) is 0 Å². The fourth-order valence-corrected chi connectivity index (χ4v) is 6.28. The van der Waals surface area contributed by atoms with Crippen LogP contribution in [0.2, 0.25) is 0 Å². The second kappa shape index (κ2) is 4.65. The molecule has 0 aromatic heterocycles. The highest BCUT2D eigenvalue weighted by molar-refractivity contribution is 9.10. The van der Waals surface area contributed by atoms with Crippen LogP contribution < -0.4 is 9.47 Å². The molecule has 0 amide bonds. The SMILES string of the molecule is Brc1cc2c(c(C3C4CC5CC(C4)CC3C5)c1)OCCO2. The Morgan fingerprint density at radius 2 is 1.52 bits per heavy atom. The third-order valence-electron chi connectivity index (χ3n) is 6.22. The molecule has 0 N–H and O–H groups in total. The average molecular weight is 349 g/mol. The lowest BCUT2D eigenvalue weighted by Gasteiger charge is -2.54. The Bertz CT molecular complexity index is 555. The molecule has 3 heteroatoms. The maximum atomic E-state index is 6.02. The van der Waals surface area contributed by atoms with E-state index in [4.69, 9.17) is 9.47 Å². The number of hydrogen-bond acceptors (Lipinski definition) is 2. The first kappa shape index (κ1) is 12.8. The largest absolute Gasteiger partial charge is 0.486 e. The van der Waals surface area contributed by atoms with Crippen molar-refractivity contribution in [2.24, 2.45) is 23.7 Å². The first-order valence-electron chi connectivity index (χ1n) is 8.37. The molecule has 0 spiro atoms. The molecule has 1 aromatic rings. The molecule has 4 aliphatic carbocycles. The van der Waals surface area contributed by atoms with E-state index < -0.39 is 0 Å². The zero-order chi connectivity index (χ0) is 14.0. The van der Waals surface area contributed by atoms with Crippen molar-refractivity contribution >= 4 is 15.9 Å². The molecule has 21 heavy (non-hydrogen) atoms. The maximum absolute atomic E-state index is 6.02. The normalized spacial score (nSPS) is 39.6. The van der Waals surface area contributed by atoms with Gasteiger partial charge in [0.05, 0.1) is 0 Å². The van der Waals surface area contributed by atoms with Crippen LogP contribution in [0.5, 0.6) is 11.5 Å². The summed E-state index contributed by atoms with van der Waals surface area (Å²) in [5.74, 6) is 6.48. The van der Waals surface area contributed by atoms with E-state index in [2.05, 4.69) is 28.1 Å². The van der Waals surface area contributed by atoms with Crippen molar-refractivity contribution in [2.75, 3.05) is 13.2 Å². The van der Waals surface area contributed by atoms with E-state index in [1.165, 1.54) is 37.7 Å². The molecule has 4 bridgehead atoms. The molecule has 1 heterocycles. The van der Waals surface area contributed by atoms with E-state index in [0.29, 0.717) is 19.1 Å². The van der Waals surface area contributed by atoms with Crippen LogP contribution in [-0.4, -0.2) is 13.2 Å². The van der Waals surface area contributed by atoms with Crippen LogP contribution in [0.3, 0.4) is 0 Å². The first-order chi connectivity index (χ1) is 10.3. The highest BCUT2D eigenvalue weighted by Gasteiger charge is 2.49. The average Bonchev–Trinajstić information content (AvgIpc) is 2.45. The molecule has 4 fully saturated rings. The minimum absolute atomic E-state index is 0.671. The van der Waals surface area contributed by atoms with E-state index >= 15 is 0 Å². The molecule has 5 aliphatic rings. The fraction of sp³-hybridized carbons (Fsp3) is 0.667. The highest BCUT2D eigenvalue weighted by Crippen LogP contribution is 2.61. The van der Waals surface area contributed by atoms with E-state index in [1.807, 2.05) is 0 Å². The van der Waals surface area contributed by atoms with Crippen LogP contribution in [0, 0.1) is 23.7 Å². The van der Waals surface area contributed by atoms with Crippen molar-refractivity contribution < 1.29 is 9.47 Å². The van der Waals surface area contributed by atoms with Gasteiger partial charge in [-0.05, 0) is 73.8 Å². The van der Waals surface area contributed by atoms with Gasteiger partial charge in [0.1, 0.15) is 13.2 Å². The second-order valence-electron chi connectivity index (χ2n) is 7.48. The van der Waals surface area contributed by atoms with Gasteiger partial charge in [-0.25, -0.2) is 0 Å². The number of ether oxygens (including phenoxy) is 2. The standard InChI is InChI=1S/C18H21BrO2/c19-14-8-15(18-16(9-14)20-1-2-21-18)17-12-4-10-3-11(6-12)7-13(17)5-10/h8-13,17H,1-7H2. The van der Waals surface area contributed by atoms with Crippen molar-refractivity contribution in [3.05, 3.63) is 22.2 Å². The number of hydrogen-bond donors (Lipinski definition) is 0. The van der Waals surface area contributed by atoms with Gasteiger partial charge in [-0.3, -0.25) is 0 Å². The fourth-order valence-electron chi connectivity index (χ4n) is 5.83. The molecule has 1 aromatic carbocycles. The molecule has 4 saturated carbocycles. The summed E-state index contributed by atoms with van der Waals surface area (Å²) in [6, 6.07) is 4.37. The summed E-state index contributed by atoms with van der Waals surface area (Å²) in [6.07, 6.45) is 7.29. The minimum Gasteiger partial charge on any atom is -0.486 e. The Balaban J connectivity index is 1.60. The molecular formula is C18H21BrO2. The van der Waals surface area contributed by atoms with E-state index in [9.17, 15) is 0 Å². The number of fused-ring (bicyclic) bond motifs is 1. The number of rotatable bonds is 1. The molecule has 6 rings (SSSR count). The lowest BCUT2D eigenvalue weighted by atomic mass is 9.50. The number of benzene rings is 1. The summed E-state index contributed by atoms with van der Waals surface area (Å²) in [5.41, 5.74) is 1.42. The monoisotopic (exact) mass is 348 g/mol. The molecule has 1 aliphatic heterocycles. The second-order valence-corrected chi connectivity index (χ2v) is 8.39. The predicted molar refractivity (Wildman–Crippen MR) is 84.9 cm³/mol. The van der Waals surface area contributed by atoms with E-state index in [0.717, 1.165) is 39.6 Å². The summed E-state index contributed by atoms with van der Waals surface area (Å²) in [4.78, 5) is 0. The maximum Gasteiger partial charge on any atom is 0.164 e. The molecular weight excluding hydrogens is 328 g/mol. The lowest BCUT2D eigenvalue weighted by Crippen LogP contribution is -2.44. The lowest BCUT2D eigenvalue weighted by molar-refractivity contribution is -0.00420. The minimum atomic E-state index is 0.671. The summed E-state index contributed by atoms with van der Waals surface area (Å²) in [6.45, 7) is 1.36. The van der Waals surface area contributed by atoms with Crippen molar-refractivity contribution in [2.45, 2.75) is 38.0 Å². The van der Waals surface area contributed by atoms with Gasteiger partial charge in [-0.1, -0.05) is 15.9 Å². The van der Waals surface area contributed by atoms with Crippen LogP contribution in [0.4, 0.5) is 0 Å². The van der Waals surface area contributed by atoms with Gasteiger partial charge in [-0.15, -0.1) is 0 Å². The molecule has 112 valence electrons. The predicted octanol–water partition coefficient (Wildman–Crippen LogP) is 4.76. The Morgan fingerprint density at radius 1 is 0.857 bits per heavy atom. The molecule has 0 saturated heterocycles. The van der Waals surface area contributed by atoms with Gasteiger partial charge < -0.3 is 9.47 Å². The Hall–Kier alpha value is -0.700. The summed E-state index contributed by atoms with van der Waals surface area (Å²) < 4.78 is 13.0. The third-order valence-corrected chi connectivity index (χ3v) is 6.68. The van der Waals surface area contributed by atoms with Crippen molar-refractivity contribution in [1.29, 1.82) is 0 Å². The Kier molecular flexibility index (Phi) is 2.83. The zero-order valence-corrected chi connectivity index (χ0v) is 13.8. The topological polar surface area (TPSA) is 18.5 Å². The van der Waals surface area contributed by atoms with E-state index in [-0.39, 0.29) is 0 Å². The smallest absolute Gasteiger partial charge is 0.164 e. The summed E-state index contributed by atoms with van der Waals surface area (Å²) in [7, 11) is 0. The quantitative estimate of drug-likeness (QED) is 0.728. The van der Waals surface area contributed by atoms with Crippen molar-refractivity contribution in [1.82, 2.24) is 0 Å². The van der Waals surface area contributed by atoms with Gasteiger partial charge in [-0.2, -0.15) is 0 Å². The van der Waals surface area contributed by atoms with Crippen LogP contribution in [-0.2, 0) is 0 Å². The summed E-state index contributed by atoms with van der Waals surface area (Å²) in [5, 5.41) is 0. The van der Waals surface area contributed by atoms with Crippen LogP contribution >= 0.6 is 15.9 Å². The van der Waals surface area contributed by atoms with Crippen molar-refractivity contribution in [3.8, 4) is 11.5 Å². The highest BCUT2D eigenvalue weighted by atomic mass is 79.9.